The predicted molar refractivity (Wildman–Crippen MR) is 119 cm³/mol. The van der Waals surface area contributed by atoms with Gasteiger partial charge in [0.2, 0.25) is 5.91 Å². The maximum Gasteiger partial charge on any atom is 0.335 e. The van der Waals surface area contributed by atoms with Crippen LogP contribution in [0.15, 0.2) is 84.9 Å². The number of rotatable bonds is 8. The molecule has 0 aliphatic rings. The van der Waals surface area contributed by atoms with E-state index < -0.39 is 22.0 Å². The molecule has 2 unspecified atom stereocenters. The van der Waals surface area contributed by atoms with E-state index in [-0.39, 0.29) is 17.2 Å². The van der Waals surface area contributed by atoms with Crippen LogP contribution >= 0.6 is 0 Å². The van der Waals surface area contributed by atoms with Crippen LogP contribution in [0, 0.1) is 0 Å². The van der Waals surface area contributed by atoms with E-state index in [4.69, 9.17) is 5.11 Å². The average molecular weight is 422 g/mol. The largest absolute Gasteiger partial charge is 0.478 e. The Morgan fingerprint density at radius 1 is 0.867 bits per heavy atom. The third-order valence-electron chi connectivity index (χ3n) is 4.77. The molecule has 0 saturated heterocycles. The Morgan fingerprint density at radius 2 is 1.43 bits per heavy atom. The van der Waals surface area contributed by atoms with Crippen molar-refractivity contribution in [1.29, 1.82) is 0 Å². The standard InChI is InChI=1S/C24H23NO4S/c1-18(30(29)17-20-12-14-21(15-13-20)24(27)28)23(26)25(22-10-6-3-7-11-22)16-19-8-4-2-5-9-19/h2-15,18H,16-17H2,1H3,(H,27,28). The Morgan fingerprint density at radius 3 is 2.00 bits per heavy atom. The van der Waals surface area contributed by atoms with Gasteiger partial charge in [0.05, 0.1) is 12.1 Å². The number of benzene rings is 3. The van der Waals surface area contributed by atoms with Gasteiger partial charge in [0, 0.05) is 22.2 Å². The minimum absolute atomic E-state index is 0.173. The third-order valence-corrected chi connectivity index (χ3v) is 6.38. The number of carbonyl (C=O) groups excluding carboxylic acids is 1. The van der Waals surface area contributed by atoms with Gasteiger partial charge in [0.1, 0.15) is 5.25 Å². The first-order chi connectivity index (χ1) is 14.5. The molecular weight excluding hydrogens is 398 g/mol. The Kier molecular flexibility index (Phi) is 7.14. The predicted octanol–water partition coefficient (Wildman–Crippen LogP) is 4.26. The Bertz CT molecular complexity index is 1020. The number of carbonyl (C=O) groups is 2. The van der Waals surface area contributed by atoms with E-state index in [1.165, 1.54) is 12.1 Å². The van der Waals surface area contributed by atoms with E-state index in [1.807, 2.05) is 60.7 Å². The fraction of sp³-hybridized carbons (Fsp3) is 0.167. The van der Waals surface area contributed by atoms with Crippen LogP contribution in [0.25, 0.3) is 0 Å². The minimum atomic E-state index is -1.45. The number of carboxylic acid groups (broad SMARTS) is 1. The Hall–Kier alpha value is -3.25. The smallest absolute Gasteiger partial charge is 0.335 e. The van der Waals surface area contributed by atoms with Gasteiger partial charge in [-0.1, -0.05) is 60.7 Å². The number of para-hydroxylation sites is 1. The summed E-state index contributed by atoms with van der Waals surface area (Å²) in [7, 11) is -1.45. The molecule has 0 bridgehead atoms. The topological polar surface area (TPSA) is 74.7 Å². The van der Waals surface area contributed by atoms with E-state index in [0.29, 0.717) is 6.54 Å². The molecule has 3 aromatic rings. The van der Waals surface area contributed by atoms with Crippen molar-refractivity contribution in [3.63, 3.8) is 0 Å². The normalized spacial score (nSPS) is 12.7. The van der Waals surface area contributed by atoms with Crippen LogP contribution < -0.4 is 4.90 Å². The fourth-order valence-electron chi connectivity index (χ4n) is 3.04. The fourth-order valence-corrected chi connectivity index (χ4v) is 4.16. The lowest BCUT2D eigenvalue weighted by Crippen LogP contribution is -2.39. The number of anilines is 1. The van der Waals surface area contributed by atoms with Gasteiger partial charge in [-0.05, 0) is 42.3 Å². The number of hydrogen-bond acceptors (Lipinski definition) is 3. The minimum Gasteiger partial charge on any atom is -0.478 e. The molecular formula is C24H23NO4S. The van der Waals surface area contributed by atoms with Gasteiger partial charge in [-0.2, -0.15) is 0 Å². The summed E-state index contributed by atoms with van der Waals surface area (Å²) in [4.78, 5) is 25.9. The highest BCUT2D eigenvalue weighted by atomic mass is 32.2. The molecule has 0 heterocycles. The molecule has 0 aromatic heterocycles. The van der Waals surface area contributed by atoms with Gasteiger partial charge >= 0.3 is 5.97 Å². The third kappa shape index (κ3) is 5.42. The second kappa shape index (κ2) is 9.98. The molecule has 0 fully saturated rings. The quantitative estimate of drug-likeness (QED) is 0.590. The van der Waals surface area contributed by atoms with Gasteiger partial charge in [-0.25, -0.2) is 4.79 Å². The highest BCUT2D eigenvalue weighted by Crippen LogP contribution is 2.20. The number of nitrogens with zero attached hydrogens (tertiary/aromatic N) is 1. The summed E-state index contributed by atoms with van der Waals surface area (Å²) < 4.78 is 12.9. The SMILES string of the molecule is CC(C(=O)N(Cc1ccccc1)c1ccccc1)S(=O)Cc1ccc(C(=O)O)cc1. The molecule has 154 valence electrons. The first kappa shape index (κ1) is 21.5. The van der Waals surface area contributed by atoms with Crippen LogP contribution in [0.4, 0.5) is 5.69 Å². The van der Waals surface area contributed by atoms with Crippen molar-refractivity contribution in [2.45, 2.75) is 24.5 Å². The van der Waals surface area contributed by atoms with E-state index in [9.17, 15) is 13.8 Å². The molecule has 0 aliphatic carbocycles. The van der Waals surface area contributed by atoms with E-state index in [1.54, 1.807) is 24.0 Å². The Labute approximate surface area is 178 Å². The summed E-state index contributed by atoms with van der Waals surface area (Å²) >= 11 is 0. The lowest BCUT2D eigenvalue weighted by atomic mass is 10.1. The van der Waals surface area contributed by atoms with Crippen molar-refractivity contribution in [2.75, 3.05) is 4.90 Å². The molecule has 0 radical (unpaired) electrons. The molecule has 0 saturated carbocycles. The molecule has 3 rings (SSSR count). The van der Waals surface area contributed by atoms with Crippen LogP contribution in [0.3, 0.4) is 0 Å². The van der Waals surface area contributed by atoms with Crippen LogP contribution in [-0.4, -0.2) is 26.4 Å². The van der Waals surface area contributed by atoms with Crippen molar-refractivity contribution in [3.8, 4) is 0 Å². The first-order valence-corrected chi connectivity index (χ1v) is 10.9. The lowest BCUT2D eigenvalue weighted by Gasteiger charge is -2.26. The van der Waals surface area contributed by atoms with Crippen molar-refractivity contribution in [2.24, 2.45) is 0 Å². The lowest BCUT2D eigenvalue weighted by molar-refractivity contribution is -0.118. The summed E-state index contributed by atoms with van der Waals surface area (Å²) in [5.41, 5.74) is 2.64. The zero-order chi connectivity index (χ0) is 21.5. The van der Waals surface area contributed by atoms with Crippen molar-refractivity contribution >= 4 is 28.4 Å². The number of aromatic carboxylic acids is 1. The molecule has 6 heteroatoms. The monoisotopic (exact) mass is 421 g/mol. The maximum absolute atomic E-state index is 13.3. The number of carboxylic acids is 1. The molecule has 1 amide bonds. The van der Waals surface area contributed by atoms with Crippen LogP contribution in [0.2, 0.25) is 0 Å². The second-order valence-corrected chi connectivity index (χ2v) is 8.67. The summed E-state index contributed by atoms with van der Waals surface area (Å²) in [6, 6.07) is 25.2. The first-order valence-electron chi connectivity index (χ1n) is 9.55. The summed E-state index contributed by atoms with van der Waals surface area (Å²) in [5.74, 6) is -1.04. The molecule has 0 aliphatic heterocycles. The molecule has 5 nitrogen and oxygen atoms in total. The average Bonchev–Trinajstić information content (AvgIpc) is 2.78. The summed E-state index contributed by atoms with van der Waals surface area (Å²) in [6.07, 6.45) is 0. The van der Waals surface area contributed by atoms with E-state index in [0.717, 1.165) is 16.8 Å². The highest BCUT2D eigenvalue weighted by Gasteiger charge is 2.27. The van der Waals surface area contributed by atoms with Crippen LogP contribution in [0.1, 0.15) is 28.4 Å². The maximum atomic E-state index is 13.3. The molecule has 2 atom stereocenters. The van der Waals surface area contributed by atoms with Gasteiger partial charge in [-0.3, -0.25) is 9.00 Å². The summed E-state index contributed by atoms with van der Waals surface area (Å²) in [5, 5.41) is 8.28. The van der Waals surface area contributed by atoms with Crippen molar-refractivity contribution < 1.29 is 18.9 Å². The molecule has 1 N–H and O–H groups in total. The number of amides is 1. The Balaban J connectivity index is 1.77. The molecule has 3 aromatic carbocycles. The van der Waals surface area contributed by atoms with Gasteiger partial charge in [0.25, 0.3) is 0 Å². The molecule has 0 spiro atoms. The highest BCUT2D eigenvalue weighted by molar-refractivity contribution is 7.85. The van der Waals surface area contributed by atoms with E-state index >= 15 is 0 Å². The van der Waals surface area contributed by atoms with Crippen LogP contribution in [-0.2, 0) is 27.9 Å². The zero-order valence-electron chi connectivity index (χ0n) is 16.6. The van der Waals surface area contributed by atoms with Crippen LogP contribution in [0.5, 0.6) is 0 Å². The van der Waals surface area contributed by atoms with Crippen molar-refractivity contribution in [1.82, 2.24) is 0 Å². The van der Waals surface area contributed by atoms with E-state index in [2.05, 4.69) is 0 Å². The number of hydrogen-bond donors (Lipinski definition) is 1. The zero-order valence-corrected chi connectivity index (χ0v) is 17.4. The van der Waals surface area contributed by atoms with Gasteiger partial charge in [0.15, 0.2) is 0 Å². The van der Waals surface area contributed by atoms with Crippen molar-refractivity contribution in [3.05, 3.63) is 102 Å². The molecule has 30 heavy (non-hydrogen) atoms. The second-order valence-electron chi connectivity index (χ2n) is 6.91. The van der Waals surface area contributed by atoms with Gasteiger partial charge in [-0.15, -0.1) is 0 Å². The summed E-state index contributed by atoms with van der Waals surface area (Å²) in [6.45, 7) is 2.06. The van der Waals surface area contributed by atoms with Gasteiger partial charge < -0.3 is 10.0 Å².